The van der Waals surface area contributed by atoms with Crippen LogP contribution in [0.3, 0.4) is 0 Å². The molecular weight excluding hydrogens is 518 g/mol. The van der Waals surface area contributed by atoms with Gasteiger partial charge in [0, 0.05) is 29.6 Å². The van der Waals surface area contributed by atoms with Crippen molar-refractivity contribution in [3.05, 3.63) is 63.6 Å². The van der Waals surface area contributed by atoms with Crippen molar-refractivity contribution in [1.82, 2.24) is 4.98 Å². The molecule has 6 heteroatoms. The Kier molecular flexibility index (Phi) is 10.4. The molecule has 2 bridgehead atoms. The summed E-state index contributed by atoms with van der Waals surface area (Å²) in [6, 6.07) is 8.28. The highest BCUT2D eigenvalue weighted by molar-refractivity contribution is 7.09. The van der Waals surface area contributed by atoms with Crippen LogP contribution in [0.15, 0.2) is 47.4 Å². The van der Waals surface area contributed by atoms with Gasteiger partial charge in [-0.05, 0) is 100.0 Å². The van der Waals surface area contributed by atoms with E-state index in [2.05, 4.69) is 43.1 Å². The van der Waals surface area contributed by atoms with Gasteiger partial charge < -0.3 is 9.47 Å². The summed E-state index contributed by atoms with van der Waals surface area (Å²) in [4.78, 5) is 31.4. The lowest BCUT2D eigenvalue weighted by molar-refractivity contribution is -0.149. The molecule has 0 radical (unpaired) electrons. The maximum atomic E-state index is 13.8. The summed E-state index contributed by atoms with van der Waals surface area (Å²) < 4.78 is 11.3. The van der Waals surface area contributed by atoms with E-state index in [1.165, 1.54) is 5.56 Å². The molecule has 1 aliphatic heterocycles. The van der Waals surface area contributed by atoms with Gasteiger partial charge in [-0.25, -0.2) is 4.98 Å². The van der Waals surface area contributed by atoms with Crippen molar-refractivity contribution in [1.29, 1.82) is 0 Å². The highest BCUT2D eigenvalue weighted by Crippen LogP contribution is 2.48. The lowest BCUT2D eigenvalue weighted by atomic mass is 9.57. The fraction of sp³-hybridized carbons (Fsp3) is 0.559. The van der Waals surface area contributed by atoms with Crippen molar-refractivity contribution in [3.8, 4) is 5.75 Å². The highest BCUT2D eigenvalue weighted by Gasteiger charge is 2.47. The number of thiazole rings is 1. The number of carbonyl (C=O) groups excluding carboxylic acids is 2. The Labute approximate surface area is 244 Å². The van der Waals surface area contributed by atoms with Crippen LogP contribution in [-0.2, 0) is 20.7 Å². The molecule has 2 aliphatic rings. The maximum Gasteiger partial charge on any atom is 0.306 e. The van der Waals surface area contributed by atoms with Crippen LogP contribution in [0.1, 0.15) is 88.4 Å². The first-order valence-electron chi connectivity index (χ1n) is 14.8. The quantitative estimate of drug-likeness (QED) is 0.262. The molecule has 0 N–H and O–H groups in total. The number of benzene rings is 1. The van der Waals surface area contributed by atoms with Crippen molar-refractivity contribution in [3.63, 3.8) is 0 Å². The maximum absolute atomic E-state index is 13.8. The Balaban J connectivity index is 1.47. The summed E-state index contributed by atoms with van der Waals surface area (Å²) in [5, 5.41) is 3.04. The SMILES string of the molecule is COc1ccc(CCC2[C@@H]3CCC/C=C\CC(/C(C)=C/c4csc(C)n4)OC(=O)CC[C@@](C)(C3)C(=O)[C@@H]2C)cc1. The van der Waals surface area contributed by atoms with Crippen LogP contribution in [-0.4, -0.2) is 30.0 Å². The number of cyclic esters (lactones) is 1. The Morgan fingerprint density at radius 3 is 2.70 bits per heavy atom. The summed E-state index contributed by atoms with van der Waals surface area (Å²) in [6.07, 6.45) is 13.6. The van der Waals surface area contributed by atoms with Gasteiger partial charge in [0.1, 0.15) is 17.6 Å². The lowest BCUT2D eigenvalue weighted by Gasteiger charge is -2.45. The first-order chi connectivity index (χ1) is 19.2. The van der Waals surface area contributed by atoms with Gasteiger partial charge in [0.05, 0.1) is 17.8 Å². The first kappa shape index (κ1) is 30.2. The van der Waals surface area contributed by atoms with Crippen LogP contribution in [0.2, 0.25) is 0 Å². The molecule has 1 aromatic heterocycles. The van der Waals surface area contributed by atoms with Crippen LogP contribution in [0.25, 0.3) is 6.08 Å². The second kappa shape index (κ2) is 13.8. The molecule has 5 atom stereocenters. The highest BCUT2D eigenvalue weighted by atomic mass is 32.1. The zero-order valence-electron chi connectivity index (χ0n) is 24.8. The van der Waals surface area contributed by atoms with Crippen molar-refractivity contribution >= 4 is 29.2 Å². The zero-order valence-corrected chi connectivity index (χ0v) is 25.6. The number of ether oxygens (including phenoxy) is 2. The number of fused-ring (bicyclic) bond motifs is 2. The summed E-state index contributed by atoms with van der Waals surface area (Å²) in [5.74, 6) is 1.78. The van der Waals surface area contributed by atoms with Gasteiger partial charge in [-0.3, -0.25) is 9.59 Å². The number of carbonyl (C=O) groups is 2. The predicted octanol–water partition coefficient (Wildman–Crippen LogP) is 8.17. The van der Waals surface area contributed by atoms with E-state index in [9.17, 15) is 9.59 Å². The molecule has 2 heterocycles. The van der Waals surface area contributed by atoms with E-state index in [1.54, 1.807) is 18.4 Å². The largest absolute Gasteiger partial charge is 0.497 e. The van der Waals surface area contributed by atoms with Gasteiger partial charge in [-0.15, -0.1) is 11.3 Å². The predicted molar refractivity (Wildman–Crippen MR) is 162 cm³/mol. The summed E-state index contributed by atoms with van der Waals surface area (Å²) in [7, 11) is 1.69. The Morgan fingerprint density at radius 2 is 2.00 bits per heavy atom. The topological polar surface area (TPSA) is 65.5 Å². The summed E-state index contributed by atoms with van der Waals surface area (Å²) in [6.45, 7) is 8.21. The third kappa shape index (κ3) is 7.72. The number of hydrogen-bond donors (Lipinski definition) is 0. The molecular formula is C34H45NO4S. The molecule has 2 unspecified atom stereocenters. The van der Waals surface area contributed by atoms with E-state index < -0.39 is 5.41 Å². The average molecular weight is 564 g/mol. The van der Waals surface area contributed by atoms with Gasteiger partial charge in [-0.1, -0.05) is 38.1 Å². The summed E-state index contributed by atoms with van der Waals surface area (Å²) in [5.41, 5.74) is 2.69. The van der Waals surface area contributed by atoms with E-state index in [-0.39, 0.29) is 24.4 Å². The van der Waals surface area contributed by atoms with E-state index in [0.717, 1.165) is 60.5 Å². The van der Waals surface area contributed by atoms with Gasteiger partial charge in [0.15, 0.2) is 0 Å². The fourth-order valence-electron chi connectivity index (χ4n) is 6.67. The molecule has 1 saturated carbocycles. The van der Waals surface area contributed by atoms with Crippen molar-refractivity contribution in [2.75, 3.05) is 7.11 Å². The Hall–Kier alpha value is -2.73. The minimum absolute atomic E-state index is 0.0130. The van der Waals surface area contributed by atoms with Crippen molar-refractivity contribution in [2.24, 2.45) is 23.2 Å². The molecule has 5 nitrogen and oxygen atoms in total. The van der Waals surface area contributed by atoms with Crippen molar-refractivity contribution < 1.29 is 19.1 Å². The standard InChI is InChI=1S/C34H45NO4S/c1-23(20-28-22-40-25(3)35-28)31-11-9-7-6-8-10-27-21-34(4,19-18-32(36)39-31)33(37)24(2)30(27)17-14-26-12-15-29(38-5)16-13-26/h7,9,12-13,15-16,20,22,24,27,30-31H,6,8,10-11,14,17-19,21H2,1-5H3/b9-7-,23-20+/t24-,27-,30?,31?,34+/m1/s1. The molecule has 0 amide bonds. The molecule has 2 aromatic rings. The van der Waals surface area contributed by atoms with Crippen LogP contribution in [0.5, 0.6) is 5.75 Å². The molecule has 1 aromatic carbocycles. The normalized spacial score (nSPS) is 29.4. The number of nitrogens with zero attached hydrogens (tertiary/aromatic N) is 1. The lowest BCUT2D eigenvalue weighted by Crippen LogP contribution is -2.46. The fourth-order valence-corrected chi connectivity index (χ4v) is 7.24. The molecule has 216 valence electrons. The number of hydrogen-bond acceptors (Lipinski definition) is 6. The third-order valence-electron chi connectivity index (χ3n) is 9.03. The second-order valence-electron chi connectivity index (χ2n) is 12.0. The van der Waals surface area contributed by atoms with E-state index in [0.29, 0.717) is 30.5 Å². The van der Waals surface area contributed by atoms with Gasteiger partial charge in [-0.2, -0.15) is 0 Å². The van der Waals surface area contributed by atoms with E-state index in [1.807, 2.05) is 37.4 Å². The van der Waals surface area contributed by atoms with E-state index in [4.69, 9.17) is 9.47 Å². The molecule has 0 saturated heterocycles. The Morgan fingerprint density at radius 1 is 1.23 bits per heavy atom. The monoisotopic (exact) mass is 563 g/mol. The molecule has 1 aliphatic carbocycles. The number of rotatable bonds is 6. The molecule has 40 heavy (non-hydrogen) atoms. The van der Waals surface area contributed by atoms with Crippen LogP contribution in [0.4, 0.5) is 0 Å². The first-order valence-corrected chi connectivity index (χ1v) is 15.7. The minimum Gasteiger partial charge on any atom is -0.497 e. The number of methoxy groups -OCH3 is 1. The van der Waals surface area contributed by atoms with Crippen LogP contribution in [0, 0.1) is 30.1 Å². The Bertz CT molecular complexity index is 1210. The smallest absolute Gasteiger partial charge is 0.306 e. The molecule has 1 fully saturated rings. The third-order valence-corrected chi connectivity index (χ3v) is 9.82. The van der Waals surface area contributed by atoms with E-state index >= 15 is 0 Å². The second-order valence-corrected chi connectivity index (χ2v) is 13.1. The molecule has 0 spiro atoms. The number of allylic oxidation sites excluding steroid dienone is 1. The van der Waals surface area contributed by atoms with Gasteiger partial charge in [0.2, 0.25) is 0 Å². The number of aromatic nitrogens is 1. The number of esters is 1. The number of aryl methyl sites for hydroxylation is 2. The molecule has 4 rings (SSSR count). The van der Waals surface area contributed by atoms with Crippen LogP contribution >= 0.6 is 11.3 Å². The number of Topliss-reactive ketones (excluding diaryl/α,β-unsaturated/α-hetero) is 1. The summed E-state index contributed by atoms with van der Waals surface area (Å²) >= 11 is 1.61. The average Bonchev–Trinajstić information content (AvgIpc) is 3.35. The number of ketones is 1. The minimum atomic E-state index is -0.488. The van der Waals surface area contributed by atoms with Crippen LogP contribution < -0.4 is 4.74 Å². The zero-order chi connectivity index (χ0) is 28.7. The van der Waals surface area contributed by atoms with Gasteiger partial charge in [0.25, 0.3) is 0 Å². The van der Waals surface area contributed by atoms with Gasteiger partial charge >= 0.3 is 5.97 Å². The van der Waals surface area contributed by atoms with Crippen molar-refractivity contribution in [2.45, 2.75) is 91.6 Å².